The molecule has 0 spiro atoms. The summed E-state index contributed by atoms with van der Waals surface area (Å²) in [5.41, 5.74) is 1.09. The highest BCUT2D eigenvalue weighted by atomic mass is 16.2. The molecule has 1 fully saturated rings. The fourth-order valence-electron chi connectivity index (χ4n) is 2.71. The standard InChI is InChI=1S/C16H21N3O/c17-10-11-19(15-8-4-5-9-15)13-16(20)18-12-14-6-2-1-3-7-14/h1-3,6-7,15H,4-5,8-9,11-13H2,(H,18,20). The lowest BCUT2D eigenvalue weighted by Crippen LogP contribution is -2.42. The SMILES string of the molecule is N#CCN(CC(=O)NCc1ccccc1)C1CCCC1. The van der Waals surface area contributed by atoms with Crippen molar-refractivity contribution in [2.24, 2.45) is 0 Å². The summed E-state index contributed by atoms with van der Waals surface area (Å²) < 4.78 is 0. The summed E-state index contributed by atoms with van der Waals surface area (Å²) in [7, 11) is 0. The van der Waals surface area contributed by atoms with Crippen LogP contribution in [0.2, 0.25) is 0 Å². The molecule has 0 heterocycles. The summed E-state index contributed by atoms with van der Waals surface area (Å²) in [6.07, 6.45) is 4.62. The fourth-order valence-corrected chi connectivity index (χ4v) is 2.71. The van der Waals surface area contributed by atoms with Gasteiger partial charge in [-0.15, -0.1) is 0 Å². The van der Waals surface area contributed by atoms with Crippen LogP contribution in [0.3, 0.4) is 0 Å². The number of hydrogen-bond acceptors (Lipinski definition) is 3. The molecular formula is C16H21N3O. The van der Waals surface area contributed by atoms with Gasteiger partial charge in [-0.1, -0.05) is 43.2 Å². The van der Waals surface area contributed by atoms with Gasteiger partial charge in [-0.25, -0.2) is 0 Å². The Kier molecular flexibility index (Phi) is 5.57. The summed E-state index contributed by atoms with van der Waals surface area (Å²) in [6.45, 7) is 1.21. The zero-order valence-electron chi connectivity index (χ0n) is 11.7. The van der Waals surface area contributed by atoms with Gasteiger partial charge in [0.05, 0.1) is 19.2 Å². The second kappa shape index (κ2) is 7.66. The lowest BCUT2D eigenvalue weighted by molar-refractivity contribution is -0.122. The van der Waals surface area contributed by atoms with Gasteiger partial charge in [0.15, 0.2) is 0 Å². The fraction of sp³-hybridized carbons (Fsp3) is 0.500. The molecule has 1 saturated carbocycles. The van der Waals surface area contributed by atoms with Crippen molar-refractivity contribution in [3.05, 3.63) is 35.9 Å². The first kappa shape index (κ1) is 14.5. The van der Waals surface area contributed by atoms with Gasteiger partial charge in [-0.05, 0) is 18.4 Å². The van der Waals surface area contributed by atoms with Crippen LogP contribution in [-0.2, 0) is 11.3 Å². The van der Waals surface area contributed by atoms with Gasteiger partial charge in [0, 0.05) is 12.6 Å². The molecule has 0 saturated heterocycles. The van der Waals surface area contributed by atoms with Crippen LogP contribution in [0.1, 0.15) is 31.2 Å². The molecule has 1 amide bonds. The molecule has 20 heavy (non-hydrogen) atoms. The van der Waals surface area contributed by atoms with E-state index < -0.39 is 0 Å². The Morgan fingerprint density at radius 3 is 2.65 bits per heavy atom. The molecule has 0 radical (unpaired) electrons. The molecule has 4 nitrogen and oxygen atoms in total. The minimum atomic E-state index is -0.00370. The van der Waals surface area contributed by atoms with Crippen molar-refractivity contribution in [1.82, 2.24) is 10.2 Å². The third kappa shape index (κ3) is 4.36. The monoisotopic (exact) mass is 271 g/mol. The van der Waals surface area contributed by atoms with Gasteiger partial charge < -0.3 is 5.32 Å². The van der Waals surface area contributed by atoms with Crippen LogP contribution in [0.4, 0.5) is 0 Å². The molecule has 1 aliphatic rings. The zero-order chi connectivity index (χ0) is 14.2. The van der Waals surface area contributed by atoms with E-state index in [1.54, 1.807) is 0 Å². The van der Waals surface area contributed by atoms with E-state index in [0.29, 0.717) is 25.7 Å². The van der Waals surface area contributed by atoms with Crippen molar-refractivity contribution >= 4 is 5.91 Å². The van der Waals surface area contributed by atoms with E-state index in [4.69, 9.17) is 5.26 Å². The lowest BCUT2D eigenvalue weighted by Gasteiger charge is -2.25. The summed E-state index contributed by atoms with van der Waals surface area (Å²) in [6, 6.07) is 12.4. The quantitative estimate of drug-likeness (QED) is 0.806. The number of nitrogens with zero attached hydrogens (tertiary/aromatic N) is 2. The molecule has 0 aromatic heterocycles. The molecule has 0 bridgehead atoms. The number of nitriles is 1. The maximum absolute atomic E-state index is 12.0. The van der Waals surface area contributed by atoms with Crippen LogP contribution in [0.25, 0.3) is 0 Å². The summed E-state index contributed by atoms with van der Waals surface area (Å²) in [5.74, 6) is -0.00370. The van der Waals surface area contributed by atoms with E-state index in [1.165, 1.54) is 12.8 Å². The molecule has 106 valence electrons. The zero-order valence-corrected chi connectivity index (χ0v) is 11.7. The third-order valence-corrected chi connectivity index (χ3v) is 3.79. The van der Waals surface area contributed by atoms with E-state index >= 15 is 0 Å². The van der Waals surface area contributed by atoms with Crippen molar-refractivity contribution in [3.63, 3.8) is 0 Å². The van der Waals surface area contributed by atoms with Gasteiger partial charge in [0.1, 0.15) is 0 Å². The number of rotatable bonds is 6. The van der Waals surface area contributed by atoms with Gasteiger partial charge in [0.2, 0.25) is 5.91 Å². The van der Waals surface area contributed by atoms with E-state index in [0.717, 1.165) is 18.4 Å². The normalized spacial score (nSPS) is 15.2. The second-order valence-electron chi connectivity index (χ2n) is 5.26. The molecule has 4 heteroatoms. The van der Waals surface area contributed by atoms with Crippen molar-refractivity contribution in [3.8, 4) is 6.07 Å². The molecule has 2 rings (SSSR count). The molecular weight excluding hydrogens is 250 g/mol. The maximum atomic E-state index is 12.0. The average molecular weight is 271 g/mol. The van der Waals surface area contributed by atoms with Gasteiger partial charge >= 0.3 is 0 Å². The Hall–Kier alpha value is -1.86. The van der Waals surface area contributed by atoms with E-state index in [2.05, 4.69) is 11.4 Å². The smallest absolute Gasteiger partial charge is 0.234 e. The first-order valence-corrected chi connectivity index (χ1v) is 7.21. The van der Waals surface area contributed by atoms with Crippen LogP contribution >= 0.6 is 0 Å². The predicted molar refractivity (Wildman–Crippen MR) is 77.7 cm³/mol. The summed E-state index contributed by atoms with van der Waals surface area (Å²) in [5, 5.41) is 11.8. The van der Waals surface area contributed by atoms with Gasteiger partial charge in [-0.2, -0.15) is 5.26 Å². The molecule has 1 aromatic carbocycles. The highest BCUT2D eigenvalue weighted by molar-refractivity contribution is 5.78. The average Bonchev–Trinajstić information content (AvgIpc) is 3.00. The largest absolute Gasteiger partial charge is 0.351 e. The number of carbonyl (C=O) groups is 1. The molecule has 1 N–H and O–H groups in total. The molecule has 1 aromatic rings. The van der Waals surface area contributed by atoms with Crippen molar-refractivity contribution in [1.29, 1.82) is 5.26 Å². The second-order valence-corrected chi connectivity index (χ2v) is 5.26. The van der Waals surface area contributed by atoms with Crippen molar-refractivity contribution in [2.75, 3.05) is 13.1 Å². The van der Waals surface area contributed by atoms with E-state index in [9.17, 15) is 4.79 Å². The molecule has 0 atom stereocenters. The number of nitrogens with one attached hydrogen (secondary N) is 1. The highest BCUT2D eigenvalue weighted by Gasteiger charge is 2.23. The highest BCUT2D eigenvalue weighted by Crippen LogP contribution is 2.22. The number of carbonyl (C=O) groups excluding carboxylic acids is 1. The Labute approximate surface area is 120 Å². The van der Waals surface area contributed by atoms with E-state index in [1.807, 2.05) is 35.2 Å². The van der Waals surface area contributed by atoms with Crippen LogP contribution in [0, 0.1) is 11.3 Å². The van der Waals surface area contributed by atoms with Crippen LogP contribution in [-0.4, -0.2) is 29.9 Å². The number of amides is 1. The Morgan fingerprint density at radius 2 is 2.00 bits per heavy atom. The Bertz CT molecular complexity index is 460. The molecule has 0 unspecified atom stereocenters. The number of hydrogen-bond donors (Lipinski definition) is 1. The molecule has 1 aliphatic carbocycles. The predicted octanol–water partition coefficient (Wildman–Crippen LogP) is 2.07. The summed E-state index contributed by atoms with van der Waals surface area (Å²) >= 11 is 0. The van der Waals surface area contributed by atoms with Crippen molar-refractivity contribution in [2.45, 2.75) is 38.3 Å². The van der Waals surface area contributed by atoms with Crippen LogP contribution in [0.15, 0.2) is 30.3 Å². The first-order valence-electron chi connectivity index (χ1n) is 7.21. The van der Waals surface area contributed by atoms with Gasteiger partial charge in [0.25, 0.3) is 0 Å². The van der Waals surface area contributed by atoms with Crippen molar-refractivity contribution < 1.29 is 4.79 Å². The minimum absolute atomic E-state index is 0.00370. The topological polar surface area (TPSA) is 56.1 Å². The first-order chi connectivity index (χ1) is 9.79. The minimum Gasteiger partial charge on any atom is -0.351 e. The van der Waals surface area contributed by atoms with Gasteiger partial charge in [-0.3, -0.25) is 9.69 Å². The third-order valence-electron chi connectivity index (χ3n) is 3.79. The Balaban J connectivity index is 1.80. The Morgan fingerprint density at radius 1 is 1.30 bits per heavy atom. The lowest BCUT2D eigenvalue weighted by atomic mass is 10.2. The summed E-state index contributed by atoms with van der Waals surface area (Å²) in [4.78, 5) is 14.0. The molecule has 0 aliphatic heterocycles. The number of benzene rings is 1. The van der Waals surface area contributed by atoms with Crippen LogP contribution in [0.5, 0.6) is 0 Å². The maximum Gasteiger partial charge on any atom is 0.234 e. The van der Waals surface area contributed by atoms with Crippen LogP contribution < -0.4 is 5.32 Å². The van der Waals surface area contributed by atoms with E-state index in [-0.39, 0.29) is 5.91 Å².